The van der Waals surface area contributed by atoms with Crippen molar-refractivity contribution < 1.29 is 9.18 Å². The van der Waals surface area contributed by atoms with Gasteiger partial charge >= 0.3 is 0 Å². The molecule has 1 aromatic carbocycles. The Hall–Kier alpha value is -2.43. The quantitative estimate of drug-likeness (QED) is 0.785. The van der Waals surface area contributed by atoms with E-state index in [9.17, 15) is 14.4 Å². The van der Waals surface area contributed by atoms with Crippen LogP contribution in [0.1, 0.15) is 29.9 Å². The van der Waals surface area contributed by atoms with Gasteiger partial charge in [0.25, 0.3) is 5.91 Å². The van der Waals surface area contributed by atoms with Gasteiger partial charge in [0.1, 0.15) is 17.0 Å². The summed E-state index contributed by atoms with van der Waals surface area (Å²) >= 11 is 6.47. The van der Waals surface area contributed by atoms with Crippen molar-refractivity contribution in [2.45, 2.75) is 26.8 Å². The molecule has 1 aromatic heterocycles. The lowest BCUT2D eigenvalue weighted by molar-refractivity contribution is 0.0576. The average molecular weight is 404 g/mol. The fourth-order valence-corrected chi connectivity index (χ4v) is 3.86. The number of aryl methyl sites for hydroxylation is 1. The van der Waals surface area contributed by atoms with Crippen LogP contribution in [0.5, 0.6) is 0 Å². The van der Waals surface area contributed by atoms with Crippen LogP contribution in [-0.4, -0.2) is 57.7 Å². The molecule has 1 fully saturated rings. The first-order valence-corrected chi connectivity index (χ1v) is 9.65. The van der Waals surface area contributed by atoms with Crippen LogP contribution in [0, 0.1) is 30.0 Å². The van der Waals surface area contributed by atoms with Crippen molar-refractivity contribution in [1.29, 1.82) is 5.26 Å². The highest BCUT2D eigenvalue weighted by atomic mass is 35.5. The SMILES string of the molecule is Cc1nn(-c2ccc(F)cc2)c(Cl)c1C(=O)N1CCN(C(C#N)C(C)C)CC1. The zero-order chi connectivity index (χ0) is 20.4. The van der Waals surface area contributed by atoms with E-state index in [0.29, 0.717) is 43.1 Å². The van der Waals surface area contributed by atoms with Gasteiger partial charge in [-0.05, 0) is 37.1 Å². The Kier molecular flexibility index (Phi) is 6.01. The first kappa shape index (κ1) is 20.3. The first-order chi connectivity index (χ1) is 13.3. The fraction of sp³-hybridized carbons (Fsp3) is 0.450. The molecule has 6 nitrogen and oxygen atoms in total. The molecular weight excluding hydrogens is 381 g/mol. The van der Waals surface area contributed by atoms with Crippen LogP contribution in [0.4, 0.5) is 4.39 Å². The van der Waals surface area contributed by atoms with Crippen molar-refractivity contribution in [3.63, 3.8) is 0 Å². The number of carbonyl (C=O) groups is 1. The van der Waals surface area contributed by atoms with Crippen molar-refractivity contribution in [2.75, 3.05) is 26.2 Å². The number of hydrogen-bond donors (Lipinski definition) is 0. The number of aromatic nitrogens is 2. The Labute approximate surface area is 169 Å². The van der Waals surface area contributed by atoms with Crippen LogP contribution < -0.4 is 0 Å². The molecule has 1 unspecified atom stereocenters. The number of piperazine rings is 1. The van der Waals surface area contributed by atoms with Gasteiger partial charge in [0.2, 0.25) is 0 Å². The van der Waals surface area contributed by atoms with Gasteiger partial charge in [0, 0.05) is 26.2 Å². The second-order valence-electron chi connectivity index (χ2n) is 7.29. The van der Waals surface area contributed by atoms with E-state index in [4.69, 9.17) is 11.6 Å². The third kappa shape index (κ3) is 3.89. The summed E-state index contributed by atoms with van der Waals surface area (Å²) in [6.45, 7) is 8.13. The van der Waals surface area contributed by atoms with Crippen LogP contribution in [0.15, 0.2) is 24.3 Å². The molecule has 1 amide bonds. The molecular formula is C20H23ClFN5O. The highest BCUT2D eigenvalue weighted by Crippen LogP contribution is 2.26. The topological polar surface area (TPSA) is 65.2 Å². The van der Waals surface area contributed by atoms with E-state index in [1.807, 2.05) is 13.8 Å². The Bertz CT molecular complexity index is 895. The van der Waals surface area contributed by atoms with Gasteiger partial charge in [-0.15, -0.1) is 0 Å². The third-order valence-corrected chi connectivity index (χ3v) is 5.40. The van der Waals surface area contributed by atoms with E-state index in [1.54, 1.807) is 24.0 Å². The maximum atomic E-state index is 13.2. The molecule has 1 aliphatic rings. The molecule has 28 heavy (non-hydrogen) atoms. The smallest absolute Gasteiger partial charge is 0.258 e. The maximum absolute atomic E-state index is 13.2. The van der Waals surface area contributed by atoms with E-state index >= 15 is 0 Å². The fourth-order valence-electron chi connectivity index (χ4n) is 3.51. The number of rotatable bonds is 4. The zero-order valence-electron chi connectivity index (χ0n) is 16.2. The monoisotopic (exact) mass is 403 g/mol. The van der Waals surface area contributed by atoms with Gasteiger partial charge in [0.05, 0.1) is 23.0 Å². The minimum Gasteiger partial charge on any atom is -0.336 e. The van der Waals surface area contributed by atoms with Gasteiger partial charge in [-0.25, -0.2) is 9.07 Å². The average Bonchev–Trinajstić information content (AvgIpc) is 2.97. The lowest BCUT2D eigenvalue weighted by Gasteiger charge is -2.38. The largest absolute Gasteiger partial charge is 0.336 e. The number of benzene rings is 1. The molecule has 3 rings (SSSR count). The lowest BCUT2D eigenvalue weighted by atomic mass is 10.0. The Morgan fingerprint density at radius 1 is 1.21 bits per heavy atom. The second-order valence-corrected chi connectivity index (χ2v) is 7.64. The summed E-state index contributed by atoms with van der Waals surface area (Å²) in [6.07, 6.45) is 0. The van der Waals surface area contributed by atoms with Crippen molar-refractivity contribution in [1.82, 2.24) is 19.6 Å². The van der Waals surface area contributed by atoms with Crippen LogP contribution in [0.2, 0.25) is 5.15 Å². The summed E-state index contributed by atoms with van der Waals surface area (Å²) in [7, 11) is 0. The summed E-state index contributed by atoms with van der Waals surface area (Å²) < 4.78 is 14.6. The zero-order valence-corrected chi connectivity index (χ0v) is 16.9. The summed E-state index contributed by atoms with van der Waals surface area (Å²) in [5, 5.41) is 14.0. The van der Waals surface area contributed by atoms with E-state index in [-0.39, 0.29) is 28.8 Å². The molecule has 0 aliphatic carbocycles. The van der Waals surface area contributed by atoms with Crippen molar-refractivity contribution in [2.24, 2.45) is 5.92 Å². The van der Waals surface area contributed by atoms with Crippen LogP contribution in [0.25, 0.3) is 5.69 Å². The van der Waals surface area contributed by atoms with Gasteiger partial charge < -0.3 is 4.90 Å². The minimum atomic E-state index is -0.352. The first-order valence-electron chi connectivity index (χ1n) is 9.27. The van der Waals surface area contributed by atoms with Crippen LogP contribution >= 0.6 is 11.6 Å². The second kappa shape index (κ2) is 8.29. The molecule has 8 heteroatoms. The highest BCUT2D eigenvalue weighted by Gasteiger charge is 2.31. The predicted octanol–water partition coefficient (Wildman–Crippen LogP) is 3.28. The summed E-state index contributed by atoms with van der Waals surface area (Å²) in [4.78, 5) is 16.9. The predicted molar refractivity (Wildman–Crippen MR) is 105 cm³/mol. The molecule has 0 spiro atoms. The van der Waals surface area contributed by atoms with Crippen molar-refractivity contribution >= 4 is 17.5 Å². The van der Waals surface area contributed by atoms with E-state index in [0.717, 1.165) is 0 Å². The normalized spacial score (nSPS) is 16.2. The van der Waals surface area contributed by atoms with E-state index < -0.39 is 0 Å². The maximum Gasteiger partial charge on any atom is 0.258 e. The summed E-state index contributed by atoms with van der Waals surface area (Å²) in [6, 6.07) is 7.98. The number of nitriles is 1. The van der Waals surface area contributed by atoms with Gasteiger partial charge in [-0.1, -0.05) is 25.4 Å². The molecule has 0 bridgehead atoms. The minimum absolute atomic E-state index is 0.149. The summed E-state index contributed by atoms with van der Waals surface area (Å²) in [5.74, 6) is -0.290. The molecule has 0 radical (unpaired) electrons. The number of amides is 1. The highest BCUT2D eigenvalue weighted by molar-refractivity contribution is 6.33. The van der Waals surface area contributed by atoms with E-state index in [1.165, 1.54) is 16.8 Å². The molecule has 1 aliphatic heterocycles. The molecule has 148 valence electrons. The number of carbonyl (C=O) groups excluding carboxylic acids is 1. The molecule has 0 N–H and O–H groups in total. The summed E-state index contributed by atoms with van der Waals surface area (Å²) in [5.41, 5.74) is 1.48. The molecule has 0 saturated carbocycles. The molecule has 2 heterocycles. The number of halogens is 2. The van der Waals surface area contributed by atoms with Gasteiger partial charge in [0.15, 0.2) is 0 Å². The Morgan fingerprint density at radius 3 is 2.36 bits per heavy atom. The number of nitrogens with zero attached hydrogens (tertiary/aromatic N) is 5. The standard InChI is InChI=1S/C20H23ClFN5O/c1-13(2)17(12-23)25-8-10-26(11-9-25)20(28)18-14(3)24-27(19(18)21)16-6-4-15(22)5-7-16/h4-7,13,17H,8-11H2,1-3H3. The number of hydrogen-bond acceptors (Lipinski definition) is 4. The molecule has 2 aromatic rings. The lowest BCUT2D eigenvalue weighted by Crippen LogP contribution is -2.52. The molecule has 1 atom stereocenters. The van der Waals surface area contributed by atoms with Gasteiger partial charge in [-0.2, -0.15) is 10.4 Å². The van der Waals surface area contributed by atoms with Crippen molar-refractivity contribution in [3.05, 3.63) is 46.5 Å². The van der Waals surface area contributed by atoms with Crippen molar-refractivity contribution in [3.8, 4) is 11.8 Å². The molecule has 1 saturated heterocycles. The van der Waals surface area contributed by atoms with E-state index in [2.05, 4.69) is 16.1 Å². The Balaban J connectivity index is 1.77. The Morgan fingerprint density at radius 2 is 1.82 bits per heavy atom. The third-order valence-electron chi connectivity index (χ3n) is 5.05. The van der Waals surface area contributed by atoms with Gasteiger partial charge in [-0.3, -0.25) is 9.69 Å². The van der Waals surface area contributed by atoms with Crippen LogP contribution in [0.3, 0.4) is 0 Å². The van der Waals surface area contributed by atoms with Crippen LogP contribution in [-0.2, 0) is 0 Å².